The summed E-state index contributed by atoms with van der Waals surface area (Å²) in [6, 6.07) is -0.943. The number of aliphatic hydroxyl groups is 8. The van der Waals surface area contributed by atoms with Gasteiger partial charge in [-0.05, 0) is 89.9 Å². The molecular weight excluding hydrogens is 1270 g/mol. The Morgan fingerprint density at radius 3 is 1.09 bits per heavy atom. The first-order valence-electron chi connectivity index (χ1n) is 42.0. The van der Waals surface area contributed by atoms with E-state index in [2.05, 4.69) is 104 Å². The summed E-state index contributed by atoms with van der Waals surface area (Å²) < 4.78 is 22.9. The average molecular weight is 1420 g/mol. The summed E-state index contributed by atoms with van der Waals surface area (Å²) in [4.78, 5) is 13.4. The number of unbranched alkanes of at least 4 members (excludes halogenated alkanes) is 43. The van der Waals surface area contributed by atoms with E-state index in [0.717, 1.165) is 77.0 Å². The van der Waals surface area contributed by atoms with E-state index in [4.69, 9.17) is 18.9 Å². The van der Waals surface area contributed by atoms with E-state index in [9.17, 15) is 45.6 Å². The second-order valence-corrected chi connectivity index (χ2v) is 29.2. The van der Waals surface area contributed by atoms with Crippen molar-refractivity contribution in [1.29, 1.82) is 0 Å². The molecule has 12 atom stereocenters. The molecule has 2 rings (SSSR count). The lowest BCUT2D eigenvalue weighted by atomic mass is 9.97. The number of aliphatic hydroxyl groups excluding tert-OH is 8. The van der Waals surface area contributed by atoms with Gasteiger partial charge >= 0.3 is 0 Å². The standard InChI is InChI=1S/C87H155NO13/c1-3-5-7-9-11-13-15-17-19-21-23-25-27-29-31-33-35-36-37-38-39-40-41-43-45-47-49-51-53-55-57-59-61-63-65-67-69-71-79(92)88-75(74-98-86-84(97)82(95)85(78(73-90)100-86)101-87-83(96)81(94)80(93)77(72-89)99-87)76(91)70-68-66-64-62-60-58-56-54-52-50-48-46-44-42-34-32-30-28-26-24-22-20-18-16-14-12-10-8-6-4-2/h5,7,11,13,17,19,23,25,29,31,52,54,60,62,68,70,75-78,80-87,89-91,93-97H,3-4,6,8-10,12,14-16,18,20-22,24,26-28,30,32-51,53,55-59,61,63-67,69,71-74H2,1-2H3,(H,88,92)/b7-5-,13-11-,19-17-,25-23-,31-29-,54-52+,62-60+,70-68+. The molecule has 0 aliphatic carbocycles. The van der Waals surface area contributed by atoms with Crippen LogP contribution in [0, 0.1) is 0 Å². The first kappa shape index (κ1) is 94.0. The van der Waals surface area contributed by atoms with Crippen LogP contribution in [0.3, 0.4) is 0 Å². The van der Waals surface area contributed by atoms with E-state index in [0.29, 0.717) is 12.8 Å². The van der Waals surface area contributed by atoms with E-state index >= 15 is 0 Å². The molecule has 2 aliphatic rings. The van der Waals surface area contributed by atoms with E-state index in [1.54, 1.807) is 6.08 Å². The van der Waals surface area contributed by atoms with Gasteiger partial charge in [0.15, 0.2) is 12.6 Å². The second-order valence-electron chi connectivity index (χ2n) is 29.2. The van der Waals surface area contributed by atoms with Crippen LogP contribution in [0.15, 0.2) is 97.2 Å². The number of carbonyl (C=O) groups excluding carboxylic acids is 1. The van der Waals surface area contributed by atoms with Gasteiger partial charge in [0, 0.05) is 6.42 Å². The Labute approximate surface area is 617 Å². The normalized spacial score (nSPS) is 22.2. The van der Waals surface area contributed by atoms with E-state index in [1.165, 1.54) is 244 Å². The van der Waals surface area contributed by atoms with Gasteiger partial charge < -0.3 is 65.1 Å². The monoisotopic (exact) mass is 1420 g/mol. The molecule has 9 N–H and O–H groups in total. The van der Waals surface area contributed by atoms with E-state index in [1.807, 2.05) is 6.08 Å². The van der Waals surface area contributed by atoms with E-state index < -0.39 is 86.8 Å². The summed E-state index contributed by atoms with van der Waals surface area (Å²) in [6.07, 6.45) is 83.6. The van der Waals surface area contributed by atoms with Gasteiger partial charge in [0.1, 0.15) is 48.8 Å². The fourth-order valence-corrected chi connectivity index (χ4v) is 13.4. The third-order valence-corrected chi connectivity index (χ3v) is 20.0. The van der Waals surface area contributed by atoms with Crippen LogP contribution in [-0.4, -0.2) is 140 Å². The maximum absolute atomic E-state index is 13.4. The molecule has 14 heteroatoms. The lowest BCUT2D eigenvalue weighted by Gasteiger charge is -2.46. The molecule has 1 amide bonds. The highest BCUT2D eigenvalue weighted by atomic mass is 16.7. The average Bonchev–Trinajstić information content (AvgIpc) is 0.792. The van der Waals surface area contributed by atoms with Crippen LogP contribution in [0.25, 0.3) is 0 Å². The Bertz CT molecular complexity index is 2070. The van der Waals surface area contributed by atoms with E-state index in [-0.39, 0.29) is 18.9 Å². The molecule has 2 heterocycles. The Morgan fingerprint density at radius 1 is 0.366 bits per heavy atom. The van der Waals surface area contributed by atoms with Crippen molar-refractivity contribution in [2.24, 2.45) is 0 Å². The fourth-order valence-electron chi connectivity index (χ4n) is 13.4. The third kappa shape index (κ3) is 52.5. The fraction of sp³-hybridized carbons (Fsp3) is 0.805. The van der Waals surface area contributed by atoms with Gasteiger partial charge in [-0.15, -0.1) is 0 Å². The van der Waals surface area contributed by atoms with Gasteiger partial charge in [-0.3, -0.25) is 4.79 Å². The van der Waals surface area contributed by atoms with Crippen molar-refractivity contribution >= 4 is 5.91 Å². The van der Waals surface area contributed by atoms with Gasteiger partial charge in [-0.2, -0.15) is 0 Å². The van der Waals surface area contributed by atoms with Crippen molar-refractivity contribution < 1.29 is 64.6 Å². The molecule has 0 aromatic heterocycles. The van der Waals surface area contributed by atoms with Crippen LogP contribution in [0.1, 0.15) is 354 Å². The quantitative estimate of drug-likeness (QED) is 0.0204. The van der Waals surface area contributed by atoms with Crippen molar-refractivity contribution in [2.45, 2.75) is 428 Å². The topological polar surface area (TPSA) is 228 Å². The molecule has 101 heavy (non-hydrogen) atoms. The number of hydrogen-bond donors (Lipinski definition) is 9. The van der Waals surface area contributed by atoms with Crippen molar-refractivity contribution in [1.82, 2.24) is 5.32 Å². The van der Waals surface area contributed by atoms with Gasteiger partial charge in [0.2, 0.25) is 5.91 Å². The van der Waals surface area contributed by atoms with Crippen LogP contribution in [-0.2, 0) is 23.7 Å². The highest BCUT2D eigenvalue weighted by molar-refractivity contribution is 5.76. The SMILES string of the molecule is CC/C=C\C/C=C\C/C=C\C/C=C\C/C=C\CCCCCCCCCCCCCCCCCCCCCCCC(=O)NC(COC1OC(CO)C(OC2OC(CO)C(O)C(O)C2O)C(O)C1O)C(O)/C=C/CC/C=C/CC/C=C/CCCCCCCCCCCCCCCCCCCCCC. The highest BCUT2D eigenvalue weighted by Gasteiger charge is 2.51. The summed E-state index contributed by atoms with van der Waals surface area (Å²) in [6.45, 7) is 2.71. The molecule has 0 spiro atoms. The van der Waals surface area contributed by atoms with Crippen molar-refractivity contribution in [2.75, 3.05) is 19.8 Å². The Kier molecular flexibility index (Phi) is 65.1. The Morgan fingerprint density at radius 2 is 0.693 bits per heavy atom. The summed E-state index contributed by atoms with van der Waals surface area (Å²) in [5, 5.41) is 87.7. The smallest absolute Gasteiger partial charge is 0.220 e. The predicted octanol–water partition coefficient (Wildman–Crippen LogP) is 19.6. The largest absolute Gasteiger partial charge is 0.394 e. The Hall–Kier alpha value is -3.09. The molecule has 0 saturated carbocycles. The first-order valence-corrected chi connectivity index (χ1v) is 42.0. The maximum atomic E-state index is 13.4. The zero-order chi connectivity index (χ0) is 73.0. The minimum absolute atomic E-state index is 0.249. The van der Waals surface area contributed by atoms with Crippen molar-refractivity contribution in [3.63, 3.8) is 0 Å². The molecule has 2 aliphatic heterocycles. The number of nitrogens with one attached hydrogen (secondary N) is 1. The minimum atomic E-state index is -1.80. The van der Waals surface area contributed by atoms with Crippen LogP contribution < -0.4 is 5.32 Å². The van der Waals surface area contributed by atoms with Gasteiger partial charge in [0.05, 0.1) is 32.0 Å². The molecule has 0 aromatic rings. The number of rotatable bonds is 70. The van der Waals surface area contributed by atoms with Gasteiger partial charge in [-0.25, -0.2) is 0 Å². The summed E-state index contributed by atoms with van der Waals surface area (Å²) in [7, 11) is 0. The van der Waals surface area contributed by atoms with Crippen LogP contribution in [0.4, 0.5) is 0 Å². The zero-order valence-electron chi connectivity index (χ0n) is 64.4. The minimum Gasteiger partial charge on any atom is -0.394 e. The molecule has 0 radical (unpaired) electrons. The number of ether oxygens (including phenoxy) is 4. The molecule has 2 fully saturated rings. The molecule has 2 saturated heterocycles. The number of allylic oxidation sites excluding steroid dienone is 15. The number of hydrogen-bond acceptors (Lipinski definition) is 13. The lowest BCUT2D eigenvalue weighted by molar-refractivity contribution is -0.359. The number of carbonyl (C=O) groups is 1. The lowest BCUT2D eigenvalue weighted by Crippen LogP contribution is -2.65. The first-order chi connectivity index (χ1) is 49.6. The molecule has 586 valence electrons. The second kappa shape index (κ2) is 69.9. The maximum Gasteiger partial charge on any atom is 0.220 e. The Balaban J connectivity index is 1.61. The molecular formula is C87H155NO13. The molecule has 14 nitrogen and oxygen atoms in total. The molecule has 12 unspecified atom stereocenters. The molecule has 0 aromatic carbocycles. The third-order valence-electron chi connectivity index (χ3n) is 20.0. The van der Waals surface area contributed by atoms with Gasteiger partial charge in [0.25, 0.3) is 0 Å². The van der Waals surface area contributed by atoms with Crippen molar-refractivity contribution in [3.8, 4) is 0 Å². The summed E-state index contributed by atoms with van der Waals surface area (Å²) in [5.41, 5.74) is 0. The highest BCUT2D eigenvalue weighted by Crippen LogP contribution is 2.30. The van der Waals surface area contributed by atoms with Crippen LogP contribution >= 0.6 is 0 Å². The van der Waals surface area contributed by atoms with Gasteiger partial charge in [-0.1, -0.05) is 355 Å². The predicted molar refractivity (Wildman–Crippen MR) is 419 cm³/mol. The van der Waals surface area contributed by atoms with Crippen molar-refractivity contribution in [3.05, 3.63) is 97.2 Å². The summed E-state index contributed by atoms with van der Waals surface area (Å²) >= 11 is 0. The summed E-state index contributed by atoms with van der Waals surface area (Å²) in [5.74, 6) is -0.249. The number of amides is 1. The molecule has 0 bridgehead atoms. The van der Waals surface area contributed by atoms with Crippen LogP contribution in [0.5, 0.6) is 0 Å². The van der Waals surface area contributed by atoms with Crippen LogP contribution in [0.2, 0.25) is 0 Å². The zero-order valence-corrected chi connectivity index (χ0v) is 64.4.